The standard InChI is InChI=1S/C13H16N2O/c1-9-4-5-11(8-13(9)16-3)15-12-6-7-14-10(12)2/h4-8,14-15H,1-3H3. The van der Waals surface area contributed by atoms with Crippen LogP contribution in [0.1, 0.15) is 11.3 Å². The van der Waals surface area contributed by atoms with Crippen molar-refractivity contribution in [1.29, 1.82) is 0 Å². The largest absolute Gasteiger partial charge is 0.496 e. The predicted octanol–water partition coefficient (Wildman–Crippen LogP) is 3.38. The van der Waals surface area contributed by atoms with Crippen LogP contribution in [0.2, 0.25) is 0 Å². The summed E-state index contributed by atoms with van der Waals surface area (Å²) >= 11 is 0. The van der Waals surface area contributed by atoms with Gasteiger partial charge in [0.15, 0.2) is 0 Å². The lowest BCUT2D eigenvalue weighted by Crippen LogP contribution is -1.93. The zero-order valence-corrected chi connectivity index (χ0v) is 9.79. The highest BCUT2D eigenvalue weighted by molar-refractivity contribution is 5.63. The van der Waals surface area contributed by atoms with Crippen molar-refractivity contribution in [3.05, 3.63) is 41.7 Å². The van der Waals surface area contributed by atoms with E-state index in [0.717, 1.165) is 28.4 Å². The van der Waals surface area contributed by atoms with E-state index >= 15 is 0 Å². The molecule has 0 saturated carbocycles. The van der Waals surface area contributed by atoms with Gasteiger partial charge in [0.2, 0.25) is 0 Å². The maximum atomic E-state index is 5.29. The number of hydrogen-bond acceptors (Lipinski definition) is 2. The Morgan fingerprint density at radius 1 is 1.19 bits per heavy atom. The summed E-state index contributed by atoms with van der Waals surface area (Å²) in [6.07, 6.45) is 1.92. The molecular weight excluding hydrogens is 200 g/mol. The number of aryl methyl sites for hydroxylation is 2. The second-order valence-electron chi connectivity index (χ2n) is 3.83. The van der Waals surface area contributed by atoms with Gasteiger partial charge in [-0.15, -0.1) is 0 Å². The molecule has 3 nitrogen and oxygen atoms in total. The quantitative estimate of drug-likeness (QED) is 0.825. The fourth-order valence-electron chi connectivity index (χ4n) is 1.64. The lowest BCUT2D eigenvalue weighted by molar-refractivity contribution is 0.412. The molecule has 2 rings (SSSR count). The maximum absolute atomic E-state index is 5.29. The van der Waals surface area contributed by atoms with Crippen LogP contribution in [0.15, 0.2) is 30.5 Å². The third-order valence-electron chi connectivity index (χ3n) is 2.64. The van der Waals surface area contributed by atoms with Crippen molar-refractivity contribution < 1.29 is 4.74 Å². The van der Waals surface area contributed by atoms with Crippen LogP contribution in [-0.2, 0) is 0 Å². The SMILES string of the molecule is COc1cc(Nc2cc[nH]c2C)ccc1C. The predicted molar refractivity (Wildman–Crippen MR) is 66.5 cm³/mol. The molecule has 16 heavy (non-hydrogen) atoms. The van der Waals surface area contributed by atoms with Gasteiger partial charge in [-0.2, -0.15) is 0 Å². The van der Waals surface area contributed by atoms with E-state index in [1.807, 2.05) is 44.3 Å². The Bertz CT molecular complexity index is 488. The number of hydrogen-bond donors (Lipinski definition) is 2. The molecule has 1 aromatic carbocycles. The third-order valence-corrected chi connectivity index (χ3v) is 2.64. The van der Waals surface area contributed by atoms with Crippen LogP contribution in [0.4, 0.5) is 11.4 Å². The van der Waals surface area contributed by atoms with E-state index in [-0.39, 0.29) is 0 Å². The highest BCUT2D eigenvalue weighted by atomic mass is 16.5. The number of H-pyrrole nitrogens is 1. The Labute approximate surface area is 95.5 Å². The normalized spacial score (nSPS) is 10.2. The molecule has 0 saturated heterocycles. The summed E-state index contributed by atoms with van der Waals surface area (Å²) in [5.74, 6) is 0.901. The minimum absolute atomic E-state index is 0.901. The molecule has 0 aliphatic carbocycles. The van der Waals surface area contributed by atoms with Gasteiger partial charge in [0.1, 0.15) is 5.75 Å². The summed E-state index contributed by atoms with van der Waals surface area (Å²) in [7, 11) is 1.69. The Hall–Kier alpha value is -1.90. The lowest BCUT2D eigenvalue weighted by atomic mass is 10.2. The molecule has 2 aromatic rings. The van der Waals surface area contributed by atoms with Crippen LogP contribution >= 0.6 is 0 Å². The molecular formula is C13H16N2O. The molecule has 0 aliphatic heterocycles. The molecule has 1 heterocycles. The zero-order valence-electron chi connectivity index (χ0n) is 9.79. The number of nitrogens with one attached hydrogen (secondary N) is 2. The van der Waals surface area contributed by atoms with Crippen molar-refractivity contribution in [2.45, 2.75) is 13.8 Å². The molecule has 2 N–H and O–H groups in total. The van der Waals surface area contributed by atoms with Crippen LogP contribution in [0.3, 0.4) is 0 Å². The van der Waals surface area contributed by atoms with Crippen molar-refractivity contribution in [1.82, 2.24) is 4.98 Å². The van der Waals surface area contributed by atoms with Gasteiger partial charge in [-0.1, -0.05) is 6.07 Å². The highest BCUT2D eigenvalue weighted by Crippen LogP contribution is 2.25. The minimum Gasteiger partial charge on any atom is -0.496 e. The second-order valence-corrected chi connectivity index (χ2v) is 3.83. The van der Waals surface area contributed by atoms with Gasteiger partial charge >= 0.3 is 0 Å². The van der Waals surface area contributed by atoms with Crippen LogP contribution in [-0.4, -0.2) is 12.1 Å². The van der Waals surface area contributed by atoms with E-state index in [9.17, 15) is 0 Å². The molecule has 1 aromatic heterocycles. The number of aromatic nitrogens is 1. The number of aromatic amines is 1. The molecule has 0 amide bonds. The average molecular weight is 216 g/mol. The van der Waals surface area contributed by atoms with E-state index in [4.69, 9.17) is 4.74 Å². The van der Waals surface area contributed by atoms with Crippen molar-refractivity contribution in [3.8, 4) is 5.75 Å². The van der Waals surface area contributed by atoms with Crippen LogP contribution in [0.5, 0.6) is 5.75 Å². The molecule has 0 atom stereocenters. The van der Waals surface area contributed by atoms with Crippen LogP contribution < -0.4 is 10.1 Å². The second kappa shape index (κ2) is 4.31. The molecule has 0 radical (unpaired) electrons. The summed E-state index contributed by atoms with van der Waals surface area (Å²) in [6, 6.07) is 8.11. The van der Waals surface area contributed by atoms with Gasteiger partial charge in [0.05, 0.1) is 12.8 Å². The Morgan fingerprint density at radius 3 is 2.62 bits per heavy atom. The molecule has 0 unspecified atom stereocenters. The summed E-state index contributed by atoms with van der Waals surface area (Å²) < 4.78 is 5.29. The van der Waals surface area contributed by atoms with Gasteiger partial charge in [-0.05, 0) is 31.5 Å². The van der Waals surface area contributed by atoms with E-state index < -0.39 is 0 Å². The Morgan fingerprint density at radius 2 is 2.00 bits per heavy atom. The molecule has 3 heteroatoms. The summed E-state index contributed by atoms with van der Waals surface area (Å²) in [4.78, 5) is 3.14. The fraction of sp³-hybridized carbons (Fsp3) is 0.231. The summed E-state index contributed by atoms with van der Waals surface area (Å²) in [5.41, 5.74) is 4.38. The first kappa shape index (κ1) is 10.6. The molecule has 0 bridgehead atoms. The van der Waals surface area contributed by atoms with E-state index in [1.165, 1.54) is 0 Å². The molecule has 84 valence electrons. The van der Waals surface area contributed by atoms with Crippen molar-refractivity contribution in [2.24, 2.45) is 0 Å². The first-order valence-electron chi connectivity index (χ1n) is 5.26. The first-order chi connectivity index (χ1) is 7.70. The number of anilines is 2. The van der Waals surface area contributed by atoms with E-state index in [0.29, 0.717) is 0 Å². The topological polar surface area (TPSA) is 37.0 Å². The Kier molecular flexibility index (Phi) is 2.86. The summed E-state index contributed by atoms with van der Waals surface area (Å²) in [6.45, 7) is 4.07. The molecule has 0 fully saturated rings. The third kappa shape index (κ3) is 2.03. The van der Waals surface area contributed by atoms with Gasteiger partial charge in [-0.3, -0.25) is 0 Å². The monoisotopic (exact) mass is 216 g/mol. The van der Waals surface area contributed by atoms with E-state index in [2.05, 4.69) is 10.3 Å². The van der Waals surface area contributed by atoms with Gasteiger partial charge in [-0.25, -0.2) is 0 Å². The van der Waals surface area contributed by atoms with E-state index in [1.54, 1.807) is 7.11 Å². The first-order valence-corrected chi connectivity index (χ1v) is 5.26. The highest BCUT2D eigenvalue weighted by Gasteiger charge is 2.02. The van der Waals surface area contributed by atoms with Gasteiger partial charge < -0.3 is 15.0 Å². The van der Waals surface area contributed by atoms with Gasteiger partial charge in [0, 0.05) is 23.6 Å². The molecule has 0 aliphatic rings. The maximum Gasteiger partial charge on any atom is 0.123 e. The minimum atomic E-state index is 0.901. The van der Waals surface area contributed by atoms with Gasteiger partial charge in [0.25, 0.3) is 0 Å². The van der Waals surface area contributed by atoms with Crippen LogP contribution in [0.25, 0.3) is 0 Å². The number of ether oxygens (including phenoxy) is 1. The number of methoxy groups -OCH3 is 1. The smallest absolute Gasteiger partial charge is 0.123 e. The molecule has 0 spiro atoms. The lowest BCUT2D eigenvalue weighted by Gasteiger charge is -2.09. The van der Waals surface area contributed by atoms with Crippen molar-refractivity contribution in [2.75, 3.05) is 12.4 Å². The zero-order chi connectivity index (χ0) is 11.5. The van der Waals surface area contributed by atoms with Crippen molar-refractivity contribution in [3.63, 3.8) is 0 Å². The van der Waals surface area contributed by atoms with Crippen molar-refractivity contribution >= 4 is 11.4 Å². The summed E-state index contributed by atoms with van der Waals surface area (Å²) in [5, 5.41) is 3.34. The fourth-order valence-corrected chi connectivity index (χ4v) is 1.64. The number of rotatable bonds is 3. The average Bonchev–Trinajstić information content (AvgIpc) is 2.67. The number of benzene rings is 1. The van der Waals surface area contributed by atoms with Crippen LogP contribution in [0, 0.1) is 13.8 Å². The Balaban J connectivity index is 2.25.